The second kappa shape index (κ2) is 10.2. The van der Waals surface area contributed by atoms with Gasteiger partial charge < -0.3 is 33.8 Å². The lowest BCUT2D eigenvalue weighted by molar-refractivity contribution is -0.165. The highest BCUT2D eigenvalue weighted by Crippen LogP contribution is 2.40. The van der Waals surface area contributed by atoms with Crippen LogP contribution in [0.15, 0.2) is 17.4 Å². The van der Waals surface area contributed by atoms with Crippen LogP contribution in [0.4, 0.5) is 0 Å². The predicted octanol–water partition coefficient (Wildman–Crippen LogP) is -1.36. The zero-order valence-electron chi connectivity index (χ0n) is 18.2. The van der Waals surface area contributed by atoms with Crippen molar-refractivity contribution in [2.24, 2.45) is 0 Å². The molecule has 19 heteroatoms. The van der Waals surface area contributed by atoms with Gasteiger partial charge in [-0.05, 0) is 0 Å². The van der Waals surface area contributed by atoms with Gasteiger partial charge in [-0.3, -0.25) is 32.6 Å². The molecule has 17 nitrogen and oxygen atoms in total. The largest absolute Gasteiger partial charge is 0.469 e. The smallest absolute Gasteiger partial charge is 0.456 e. The average Bonchev–Trinajstić information content (AvgIpc) is 3.26. The number of hydrogen-bond acceptors (Lipinski definition) is 11. The molecular weight excluding hydrogens is 518 g/mol. The normalized spacial score (nSPS) is 22.9. The van der Waals surface area contributed by atoms with Crippen molar-refractivity contribution in [3.05, 3.63) is 23.0 Å². The number of phosphoric ester groups is 1. The average molecular weight is 540 g/mol. The van der Waals surface area contributed by atoms with E-state index in [4.69, 9.17) is 33.8 Å². The van der Waals surface area contributed by atoms with E-state index in [9.17, 15) is 23.5 Å². The molecule has 4 atom stereocenters. The molecule has 2 aromatic rings. The van der Waals surface area contributed by atoms with E-state index in [1.165, 1.54) is 4.57 Å². The van der Waals surface area contributed by atoms with Crippen LogP contribution in [0.3, 0.4) is 0 Å². The van der Waals surface area contributed by atoms with E-state index in [2.05, 4.69) is 14.5 Å². The SMILES string of the molecule is CC(=O)O[C@@H]1[C@H](OC(C)=O)[C@@H](COP(=O)(O)O)O[C@H]1n1cnc2c(=O)n(CCP(=O)(O)O)cnc21. The van der Waals surface area contributed by atoms with Crippen LogP contribution in [0.25, 0.3) is 11.2 Å². The fourth-order valence-electron chi connectivity index (χ4n) is 3.42. The summed E-state index contributed by atoms with van der Waals surface area (Å²) in [4.78, 5) is 80.3. The van der Waals surface area contributed by atoms with Gasteiger partial charge in [0.2, 0.25) is 0 Å². The molecule has 0 amide bonds. The Morgan fingerprint density at radius 1 is 1.06 bits per heavy atom. The Morgan fingerprint density at radius 2 is 1.69 bits per heavy atom. The van der Waals surface area contributed by atoms with Gasteiger partial charge in [0.15, 0.2) is 29.6 Å². The van der Waals surface area contributed by atoms with Crippen LogP contribution in [0.5, 0.6) is 0 Å². The summed E-state index contributed by atoms with van der Waals surface area (Å²) in [5.74, 6) is -1.60. The minimum absolute atomic E-state index is 0.0669. The van der Waals surface area contributed by atoms with Crippen LogP contribution in [0.1, 0.15) is 20.1 Å². The first kappa shape index (κ1) is 27.1. The molecule has 3 rings (SSSR count). The highest BCUT2D eigenvalue weighted by atomic mass is 31.2. The monoisotopic (exact) mass is 540 g/mol. The molecule has 0 aliphatic carbocycles. The van der Waals surface area contributed by atoms with Crippen LogP contribution >= 0.6 is 15.4 Å². The maximum absolute atomic E-state index is 12.7. The molecule has 2 aromatic heterocycles. The third-order valence-corrected chi connectivity index (χ3v) is 6.02. The van der Waals surface area contributed by atoms with Crippen molar-refractivity contribution in [2.45, 2.75) is 44.9 Å². The van der Waals surface area contributed by atoms with Gasteiger partial charge in [0, 0.05) is 20.4 Å². The van der Waals surface area contributed by atoms with Crippen molar-refractivity contribution in [1.29, 1.82) is 0 Å². The summed E-state index contributed by atoms with van der Waals surface area (Å²) >= 11 is 0. The standard InChI is InChI=1S/C16H22N4O13P2/c1-8(21)31-12-10(5-30-35(27,28)29)33-16(13(12)32-9(2)22)20-7-17-11-14(20)18-6-19(15(11)23)3-4-34(24,25)26/h6-7,10,12-13,16H,3-5H2,1-2H3,(H2,24,25,26)(H2,27,28,29)/t10-,12-,13-,16-/m1/s1. The molecule has 0 radical (unpaired) electrons. The number of fused-ring (bicyclic) bond motifs is 1. The number of carbonyl (C=O) groups excluding carboxylic acids is 2. The van der Waals surface area contributed by atoms with Crippen LogP contribution < -0.4 is 5.56 Å². The molecule has 0 saturated carbocycles. The maximum Gasteiger partial charge on any atom is 0.469 e. The fourth-order valence-corrected chi connectivity index (χ4v) is 4.23. The van der Waals surface area contributed by atoms with Crippen LogP contribution in [0.2, 0.25) is 0 Å². The Labute approximate surface area is 196 Å². The van der Waals surface area contributed by atoms with Crippen molar-refractivity contribution in [3.8, 4) is 0 Å². The van der Waals surface area contributed by atoms with Crippen LogP contribution in [0, 0.1) is 0 Å². The number of phosphoric acid groups is 1. The van der Waals surface area contributed by atoms with Crippen molar-refractivity contribution in [3.63, 3.8) is 0 Å². The van der Waals surface area contributed by atoms with Gasteiger partial charge in [-0.15, -0.1) is 0 Å². The van der Waals surface area contributed by atoms with E-state index < -0.39 is 70.2 Å². The van der Waals surface area contributed by atoms with Gasteiger partial charge in [-0.25, -0.2) is 14.5 Å². The summed E-state index contributed by atoms with van der Waals surface area (Å²) in [6.07, 6.45) is -3.77. The fraction of sp³-hybridized carbons (Fsp3) is 0.562. The number of ether oxygens (including phenoxy) is 3. The summed E-state index contributed by atoms with van der Waals surface area (Å²) in [5.41, 5.74) is -0.993. The van der Waals surface area contributed by atoms with E-state index in [1.54, 1.807) is 0 Å². The number of nitrogens with zero attached hydrogens (tertiary/aromatic N) is 4. The second-order valence-electron chi connectivity index (χ2n) is 7.45. The summed E-state index contributed by atoms with van der Waals surface area (Å²) in [6.45, 7) is 1.07. The molecule has 0 unspecified atom stereocenters. The molecule has 1 saturated heterocycles. The minimum atomic E-state index is -4.94. The lowest BCUT2D eigenvalue weighted by Gasteiger charge is -2.23. The molecular formula is C16H22N4O13P2. The van der Waals surface area contributed by atoms with Crippen molar-refractivity contribution in [1.82, 2.24) is 19.1 Å². The number of carbonyl (C=O) groups is 2. The molecule has 0 aromatic carbocycles. The van der Waals surface area contributed by atoms with E-state index >= 15 is 0 Å². The quantitative estimate of drug-likeness (QED) is 0.212. The van der Waals surface area contributed by atoms with E-state index in [1.807, 2.05) is 0 Å². The first-order valence-corrected chi connectivity index (χ1v) is 13.2. The third kappa shape index (κ3) is 6.80. The molecule has 0 spiro atoms. The van der Waals surface area contributed by atoms with E-state index in [-0.39, 0.29) is 17.7 Å². The molecule has 1 aliphatic rings. The molecule has 1 fully saturated rings. The Bertz CT molecular complexity index is 1260. The third-order valence-electron chi connectivity index (χ3n) is 4.75. The Hall–Kier alpha value is -2.49. The Balaban J connectivity index is 2.00. The molecule has 3 heterocycles. The molecule has 194 valence electrons. The van der Waals surface area contributed by atoms with Crippen LogP contribution in [-0.2, 0) is 44.0 Å². The number of hydrogen-bond donors (Lipinski definition) is 4. The highest BCUT2D eigenvalue weighted by molar-refractivity contribution is 7.51. The highest BCUT2D eigenvalue weighted by Gasteiger charge is 2.51. The minimum Gasteiger partial charge on any atom is -0.456 e. The lowest BCUT2D eigenvalue weighted by atomic mass is 10.1. The van der Waals surface area contributed by atoms with E-state index in [0.717, 1.165) is 31.1 Å². The van der Waals surface area contributed by atoms with Gasteiger partial charge in [0.1, 0.15) is 12.4 Å². The summed E-state index contributed by atoms with van der Waals surface area (Å²) in [6, 6.07) is 0. The predicted molar refractivity (Wildman–Crippen MR) is 112 cm³/mol. The first-order chi connectivity index (χ1) is 16.2. The lowest BCUT2D eigenvalue weighted by Crippen LogP contribution is -2.40. The van der Waals surface area contributed by atoms with Gasteiger partial charge in [0.25, 0.3) is 5.56 Å². The first-order valence-electron chi connectivity index (χ1n) is 9.83. The Kier molecular flexibility index (Phi) is 7.93. The van der Waals surface area contributed by atoms with Crippen molar-refractivity contribution >= 4 is 38.5 Å². The zero-order valence-corrected chi connectivity index (χ0v) is 20.0. The number of aromatic nitrogens is 4. The molecule has 35 heavy (non-hydrogen) atoms. The number of imidazole rings is 1. The van der Waals surface area contributed by atoms with Gasteiger partial charge in [0.05, 0.1) is 19.1 Å². The topological polar surface area (TPSA) is 239 Å². The van der Waals surface area contributed by atoms with Gasteiger partial charge >= 0.3 is 27.4 Å². The summed E-state index contributed by atoms with van der Waals surface area (Å²) in [7, 11) is -9.32. The zero-order chi connectivity index (χ0) is 26.1. The molecule has 4 N–H and O–H groups in total. The summed E-state index contributed by atoms with van der Waals surface area (Å²) in [5, 5.41) is 0. The number of esters is 2. The van der Waals surface area contributed by atoms with Crippen molar-refractivity contribution < 1.29 is 57.0 Å². The number of aryl methyl sites for hydroxylation is 1. The maximum atomic E-state index is 12.7. The second-order valence-corrected chi connectivity index (χ2v) is 10.5. The molecule has 0 bridgehead atoms. The summed E-state index contributed by atoms with van der Waals surface area (Å²) < 4.78 is 45.1. The van der Waals surface area contributed by atoms with Crippen molar-refractivity contribution in [2.75, 3.05) is 12.8 Å². The van der Waals surface area contributed by atoms with E-state index in [0.29, 0.717) is 0 Å². The number of rotatable bonds is 9. The van der Waals surface area contributed by atoms with Gasteiger partial charge in [-0.1, -0.05) is 0 Å². The van der Waals surface area contributed by atoms with Crippen LogP contribution in [-0.4, -0.2) is 81.7 Å². The van der Waals surface area contributed by atoms with Gasteiger partial charge in [-0.2, -0.15) is 0 Å². The Morgan fingerprint density at radius 3 is 2.26 bits per heavy atom. The molecule has 1 aliphatic heterocycles.